The third-order valence-corrected chi connectivity index (χ3v) is 3.24. The largest absolute Gasteiger partial charge is 0.381 e. The van der Waals surface area contributed by atoms with E-state index in [0.29, 0.717) is 6.04 Å². The first-order valence-corrected chi connectivity index (χ1v) is 5.50. The fourth-order valence-electron chi connectivity index (χ4n) is 1.42. The molecule has 2 rings (SSSR count). The van der Waals surface area contributed by atoms with Crippen LogP contribution in [0.1, 0.15) is 6.42 Å². The van der Waals surface area contributed by atoms with E-state index in [0.717, 1.165) is 0 Å². The molecule has 2 heteroatoms. The molecule has 0 unspecified atom stereocenters. The van der Waals surface area contributed by atoms with Crippen LogP contribution >= 0.6 is 11.8 Å². The number of nitrogens with one attached hydrogen (secondary N) is 1. The van der Waals surface area contributed by atoms with Crippen LogP contribution in [0.5, 0.6) is 0 Å². The molecular formula is C10H13NS. The molecule has 1 atom stereocenters. The second kappa shape index (κ2) is 3.85. The average Bonchev–Trinajstić information content (AvgIpc) is 2.59. The standard InChI is InChI=1S/C10H13NS/c1-2-4-9(5-3-1)11-10-6-7-12-8-10/h1-5,10-11H,6-8H2/t10-/m0/s1. The molecule has 0 radical (unpaired) electrons. The molecule has 1 N–H and O–H groups in total. The van der Waals surface area contributed by atoms with Gasteiger partial charge in [0.25, 0.3) is 0 Å². The number of rotatable bonds is 2. The molecule has 1 nitrogen and oxygen atoms in total. The summed E-state index contributed by atoms with van der Waals surface area (Å²) in [6.07, 6.45) is 1.31. The minimum atomic E-state index is 0.692. The van der Waals surface area contributed by atoms with Crippen LogP contribution in [0.2, 0.25) is 0 Å². The van der Waals surface area contributed by atoms with Crippen LogP contribution in [0.25, 0.3) is 0 Å². The topological polar surface area (TPSA) is 12.0 Å². The maximum Gasteiger partial charge on any atom is 0.0359 e. The Labute approximate surface area is 77.6 Å². The Kier molecular flexibility index (Phi) is 2.57. The summed E-state index contributed by atoms with van der Waals surface area (Å²) >= 11 is 2.04. The molecule has 1 aromatic rings. The quantitative estimate of drug-likeness (QED) is 0.749. The minimum Gasteiger partial charge on any atom is -0.381 e. The maximum absolute atomic E-state index is 3.52. The summed E-state index contributed by atoms with van der Waals surface area (Å²) in [6.45, 7) is 0. The molecule has 64 valence electrons. The fraction of sp³-hybridized carbons (Fsp3) is 0.400. The molecule has 1 heterocycles. The Morgan fingerprint density at radius 3 is 2.75 bits per heavy atom. The van der Waals surface area contributed by atoms with Crippen molar-refractivity contribution in [3.63, 3.8) is 0 Å². The van der Waals surface area contributed by atoms with E-state index >= 15 is 0 Å². The first-order chi connectivity index (χ1) is 5.95. The Bertz CT molecular complexity index is 229. The molecule has 12 heavy (non-hydrogen) atoms. The van der Waals surface area contributed by atoms with E-state index in [9.17, 15) is 0 Å². The van der Waals surface area contributed by atoms with Gasteiger partial charge < -0.3 is 5.32 Å². The van der Waals surface area contributed by atoms with Crippen molar-refractivity contribution in [1.29, 1.82) is 0 Å². The second-order valence-electron chi connectivity index (χ2n) is 3.07. The first kappa shape index (κ1) is 7.99. The van der Waals surface area contributed by atoms with E-state index in [1.807, 2.05) is 11.8 Å². The lowest BCUT2D eigenvalue weighted by atomic mass is 10.2. The van der Waals surface area contributed by atoms with Crippen molar-refractivity contribution in [2.24, 2.45) is 0 Å². The number of hydrogen-bond donors (Lipinski definition) is 1. The molecule has 0 amide bonds. The number of hydrogen-bond acceptors (Lipinski definition) is 2. The number of benzene rings is 1. The summed E-state index contributed by atoms with van der Waals surface area (Å²) < 4.78 is 0. The second-order valence-corrected chi connectivity index (χ2v) is 4.22. The zero-order valence-electron chi connectivity index (χ0n) is 6.99. The summed E-state index contributed by atoms with van der Waals surface area (Å²) in [4.78, 5) is 0. The lowest BCUT2D eigenvalue weighted by molar-refractivity contribution is 0.813. The van der Waals surface area contributed by atoms with Gasteiger partial charge in [-0.15, -0.1) is 0 Å². The smallest absolute Gasteiger partial charge is 0.0359 e. The van der Waals surface area contributed by atoms with Gasteiger partial charge in [-0.3, -0.25) is 0 Å². The monoisotopic (exact) mass is 179 g/mol. The van der Waals surface area contributed by atoms with Crippen molar-refractivity contribution in [2.75, 3.05) is 16.8 Å². The van der Waals surface area contributed by atoms with Crippen molar-refractivity contribution in [3.05, 3.63) is 30.3 Å². The third-order valence-electron chi connectivity index (χ3n) is 2.07. The van der Waals surface area contributed by atoms with Gasteiger partial charge in [0.15, 0.2) is 0 Å². The van der Waals surface area contributed by atoms with Crippen LogP contribution in [0, 0.1) is 0 Å². The predicted molar refractivity (Wildman–Crippen MR) is 55.8 cm³/mol. The van der Waals surface area contributed by atoms with E-state index in [1.54, 1.807) is 0 Å². The predicted octanol–water partition coefficient (Wildman–Crippen LogP) is 2.60. The minimum absolute atomic E-state index is 0.692. The fourth-order valence-corrected chi connectivity index (χ4v) is 2.57. The molecule has 1 aliphatic rings. The van der Waals surface area contributed by atoms with Crippen LogP contribution in [-0.2, 0) is 0 Å². The van der Waals surface area contributed by atoms with Gasteiger partial charge in [0.1, 0.15) is 0 Å². The highest BCUT2D eigenvalue weighted by molar-refractivity contribution is 7.99. The van der Waals surface area contributed by atoms with Crippen molar-refractivity contribution < 1.29 is 0 Å². The zero-order valence-corrected chi connectivity index (χ0v) is 7.81. The Morgan fingerprint density at radius 2 is 2.08 bits per heavy atom. The number of thioether (sulfide) groups is 1. The zero-order chi connectivity index (χ0) is 8.23. The summed E-state index contributed by atoms with van der Waals surface area (Å²) in [7, 11) is 0. The lowest BCUT2D eigenvalue weighted by Crippen LogP contribution is -2.17. The first-order valence-electron chi connectivity index (χ1n) is 4.34. The van der Waals surface area contributed by atoms with Gasteiger partial charge >= 0.3 is 0 Å². The summed E-state index contributed by atoms with van der Waals surface area (Å²) in [6, 6.07) is 11.1. The van der Waals surface area contributed by atoms with Gasteiger partial charge in [0.05, 0.1) is 0 Å². The molecular weight excluding hydrogens is 166 g/mol. The van der Waals surface area contributed by atoms with Crippen molar-refractivity contribution in [2.45, 2.75) is 12.5 Å². The molecule has 1 fully saturated rings. The normalized spacial score (nSPS) is 22.5. The molecule has 1 aromatic carbocycles. The van der Waals surface area contributed by atoms with Gasteiger partial charge in [0.2, 0.25) is 0 Å². The summed E-state index contributed by atoms with van der Waals surface area (Å²) in [5, 5.41) is 3.52. The molecule has 0 spiro atoms. The van der Waals surface area contributed by atoms with Crippen LogP contribution < -0.4 is 5.32 Å². The Morgan fingerprint density at radius 1 is 1.25 bits per heavy atom. The van der Waals surface area contributed by atoms with Crippen LogP contribution in [-0.4, -0.2) is 17.5 Å². The average molecular weight is 179 g/mol. The Balaban J connectivity index is 1.94. The van der Waals surface area contributed by atoms with E-state index in [-0.39, 0.29) is 0 Å². The van der Waals surface area contributed by atoms with Gasteiger partial charge in [-0.1, -0.05) is 18.2 Å². The molecule has 0 aliphatic carbocycles. The molecule has 0 bridgehead atoms. The molecule has 1 saturated heterocycles. The highest BCUT2D eigenvalue weighted by atomic mass is 32.2. The van der Waals surface area contributed by atoms with Gasteiger partial charge in [0, 0.05) is 17.5 Å². The van der Waals surface area contributed by atoms with Gasteiger partial charge in [-0.05, 0) is 24.3 Å². The van der Waals surface area contributed by atoms with Crippen LogP contribution in [0.3, 0.4) is 0 Å². The van der Waals surface area contributed by atoms with E-state index in [1.165, 1.54) is 23.6 Å². The summed E-state index contributed by atoms with van der Waals surface area (Å²) in [5.41, 5.74) is 1.25. The highest BCUT2D eigenvalue weighted by Gasteiger charge is 2.14. The highest BCUT2D eigenvalue weighted by Crippen LogP contribution is 2.20. The maximum atomic E-state index is 3.52. The third kappa shape index (κ3) is 1.95. The number of para-hydroxylation sites is 1. The molecule has 1 aliphatic heterocycles. The van der Waals surface area contributed by atoms with E-state index in [4.69, 9.17) is 0 Å². The van der Waals surface area contributed by atoms with E-state index in [2.05, 4.69) is 35.6 Å². The number of anilines is 1. The lowest BCUT2D eigenvalue weighted by Gasteiger charge is -2.11. The van der Waals surface area contributed by atoms with Crippen molar-refractivity contribution in [1.82, 2.24) is 0 Å². The Hall–Kier alpha value is -0.630. The van der Waals surface area contributed by atoms with Crippen LogP contribution in [0.4, 0.5) is 5.69 Å². The SMILES string of the molecule is c1ccc(N[C@H]2CCSC2)cc1. The van der Waals surface area contributed by atoms with Crippen molar-refractivity contribution >= 4 is 17.4 Å². The summed E-state index contributed by atoms with van der Waals surface area (Å²) in [5.74, 6) is 2.57. The van der Waals surface area contributed by atoms with Crippen LogP contribution in [0.15, 0.2) is 30.3 Å². The van der Waals surface area contributed by atoms with Gasteiger partial charge in [-0.25, -0.2) is 0 Å². The van der Waals surface area contributed by atoms with Gasteiger partial charge in [-0.2, -0.15) is 11.8 Å². The van der Waals surface area contributed by atoms with Crippen molar-refractivity contribution in [3.8, 4) is 0 Å². The van der Waals surface area contributed by atoms with E-state index < -0.39 is 0 Å². The molecule has 0 saturated carbocycles. The molecule has 0 aromatic heterocycles.